The van der Waals surface area contributed by atoms with E-state index in [0.29, 0.717) is 26.9 Å². The number of nitrogens with zero attached hydrogens (tertiary/aromatic N) is 4. The Morgan fingerprint density at radius 2 is 1.81 bits per heavy atom. The van der Waals surface area contributed by atoms with Gasteiger partial charge in [-0.2, -0.15) is 0 Å². The smallest absolute Gasteiger partial charge is 0.412 e. The summed E-state index contributed by atoms with van der Waals surface area (Å²) in [6, 6.07) is 6.51. The van der Waals surface area contributed by atoms with E-state index in [-0.39, 0.29) is 23.1 Å². The van der Waals surface area contributed by atoms with E-state index in [1.165, 1.54) is 42.7 Å². The monoisotopic (exact) mass is 515 g/mol. The lowest BCUT2D eigenvalue weighted by atomic mass is 9.49. The van der Waals surface area contributed by atoms with Gasteiger partial charge in [0.1, 0.15) is 9.88 Å². The number of hydrogen-bond donors (Lipinski definition) is 3. The molecule has 184 valence electrons. The number of rotatable bonds is 8. The molecule has 0 aliphatic carbocycles. The van der Waals surface area contributed by atoms with Gasteiger partial charge in [0.25, 0.3) is 11.8 Å². The Bertz CT molecular complexity index is 1330. The molecule has 3 N–H and O–H groups in total. The molecule has 37 heavy (non-hydrogen) atoms. The Morgan fingerprint density at radius 3 is 2.43 bits per heavy atom. The molecule has 0 unspecified atom stereocenters. The average molecular weight is 515 g/mol. The minimum atomic E-state index is -2.02. The van der Waals surface area contributed by atoms with Gasteiger partial charge in [-0.05, 0) is 12.1 Å². The third-order valence-corrected chi connectivity index (χ3v) is 5.61. The van der Waals surface area contributed by atoms with Crippen LogP contribution in [0, 0.1) is 0 Å². The topological polar surface area (TPSA) is 148 Å². The van der Waals surface area contributed by atoms with E-state index < -0.39 is 17.2 Å². The van der Waals surface area contributed by atoms with Crippen LogP contribution in [-0.4, -0.2) is 95.1 Å². The molecule has 0 bridgehead atoms. The van der Waals surface area contributed by atoms with Crippen LogP contribution in [-0.2, 0) is 4.74 Å². The van der Waals surface area contributed by atoms with Gasteiger partial charge in [-0.1, -0.05) is 11.3 Å². The molecule has 0 atom stereocenters. The summed E-state index contributed by atoms with van der Waals surface area (Å²) in [7, 11) is 22.4. The standard InChI is InChI=1S/C21H20B3N7O5S/c1-31(2)19(33)13-9-25-18(37-13)10-6-5-7-11(16(10)35-3)26-12-8-14(27-20(34)36-4)29-30-15(12)17(32)28-21(22,23)24/h5-9H,1-4H3,(H,28,32)(H2,26,27,29,34). The van der Waals surface area contributed by atoms with E-state index in [1.54, 1.807) is 32.3 Å². The van der Waals surface area contributed by atoms with Crippen molar-refractivity contribution in [2.75, 3.05) is 38.9 Å². The van der Waals surface area contributed by atoms with Crippen molar-refractivity contribution >= 4 is 70.0 Å². The first-order chi connectivity index (χ1) is 17.4. The molecule has 3 rings (SSSR count). The van der Waals surface area contributed by atoms with Gasteiger partial charge < -0.3 is 25.0 Å². The maximum absolute atomic E-state index is 12.7. The fourth-order valence-corrected chi connectivity index (χ4v) is 3.97. The number of thiazole rings is 1. The SMILES string of the molecule is [B]C([B])([B])NC(=O)c1nnc(NC(=O)OC)cc1Nc1cccc(-c2ncc(C(=O)N(C)C)s2)c1OC. The number of carbonyl (C=O) groups excluding carboxylic acids is 3. The molecule has 0 saturated heterocycles. The first-order valence-corrected chi connectivity index (χ1v) is 11.3. The van der Waals surface area contributed by atoms with Crippen LogP contribution < -0.4 is 20.7 Å². The number of ether oxygens (including phenoxy) is 2. The Morgan fingerprint density at radius 1 is 1.08 bits per heavy atom. The molecule has 16 heteroatoms. The molecular weight excluding hydrogens is 495 g/mol. The maximum atomic E-state index is 12.7. The van der Waals surface area contributed by atoms with Crippen molar-refractivity contribution in [1.82, 2.24) is 25.4 Å². The van der Waals surface area contributed by atoms with Gasteiger partial charge >= 0.3 is 6.09 Å². The normalized spacial score (nSPS) is 10.8. The van der Waals surface area contributed by atoms with Gasteiger partial charge in [-0.15, -0.1) is 21.5 Å². The zero-order valence-electron chi connectivity index (χ0n) is 20.4. The van der Waals surface area contributed by atoms with E-state index in [0.717, 1.165) is 0 Å². The number of nitrogens with one attached hydrogen (secondary N) is 3. The quantitative estimate of drug-likeness (QED) is 0.375. The number of anilines is 3. The average Bonchev–Trinajstić information content (AvgIpc) is 3.32. The van der Waals surface area contributed by atoms with Gasteiger partial charge in [-0.3, -0.25) is 14.9 Å². The van der Waals surface area contributed by atoms with E-state index in [2.05, 4.69) is 35.9 Å². The zero-order chi connectivity index (χ0) is 27.3. The van der Waals surface area contributed by atoms with Crippen LogP contribution >= 0.6 is 11.3 Å². The number of carbonyl (C=O) groups is 3. The van der Waals surface area contributed by atoms with Gasteiger partial charge in [0.05, 0.1) is 60.9 Å². The number of aromatic nitrogens is 3. The largest absolute Gasteiger partial charge is 0.494 e. The summed E-state index contributed by atoms with van der Waals surface area (Å²) in [4.78, 5) is 43.0. The van der Waals surface area contributed by atoms with Crippen molar-refractivity contribution in [3.63, 3.8) is 0 Å². The lowest BCUT2D eigenvalue weighted by molar-refractivity contribution is 0.0831. The highest BCUT2D eigenvalue weighted by molar-refractivity contribution is 7.17. The second kappa shape index (κ2) is 11.3. The lowest BCUT2D eigenvalue weighted by Gasteiger charge is -2.23. The van der Waals surface area contributed by atoms with Gasteiger partial charge in [0.2, 0.25) is 0 Å². The molecule has 0 fully saturated rings. The number of para-hydroxylation sites is 1. The van der Waals surface area contributed by atoms with Crippen LogP contribution in [0.1, 0.15) is 20.2 Å². The molecule has 2 heterocycles. The van der Waals surface area contributed by atoms with Crippen LogP contribution in [0.5, 0.6) is 5.75 Å². The minimum Gasteiger partial charge on any atom is -0.494 e. The molecule has 12 nitrogen and oxygen atoms in total. The maximum Gasteiger partial charge on any atom is 0.412 e. The lowest BCUT2D eigenvalue weighted by Crippen LogP contribution is -2.50. The van der Waals surface area contributed by atoms with Crippen LogP contribution in [0.2, 0.25) is 0 Å². The molecule has 0 aliphatic rings. The Hall–Kier alpha value is -4.07. The highest BCUT2D eigenvalue weighted by Gasteiger charge is 2.23. The Balaban J connectivity index is 2.05. The van der Waals surface area contributed by atoms with E-state index in [4.69, 9.17) is 28.3 Å². The summed E-state index contributed by atoms with van der Waals surface area (Å²) in [5.74, 6) is -0.685. The van der Waals surface area contributed by atoms with Gasteiger partial charge in [0, 0.05) is 20.2 Å². The molecule has 3 amide bonds. The van der Waals surface area contributed by atoms with E-state index >= 15 is 0 Å². The molecular formula is C21H20B3N7O5S. The van der Waals surface area contributed by atoms with Crippen LogP contribution in [0.15, 0.2) is 30.5 Å². The summed E-state index contributed by atoms with van der Waals surface area (Å²) in [5.41, 5.74) is 0.852. The summed E-state index contributed by atoms with van der Waals surface area (Å²) in [5, 5.41) is 13.8. The fraction of sp³-hybridized carbons (Fsp3) is 0.238. The predicted octanol–water partition coefficient (Wildman–Crippen LogP) is 1.08. The molecule has 1 aromatic carbocycles. The van der Waals surface area contributed by atoms with Crippen molar-refractivity contribution < 1.29 is 23.9 Å². The van der Waals surface area contributed by atoms with Crippen molar-refractivity contribution in [1.29, 1.82) is 0 Å². The first kappa shape index (κ1) is 27.5. The molecule has 6 radical (unpaired) electrons. The number of benzene rings is 1. The summed E-state index contributed by atoms with van der Waals surface area (Å²) in [6.45, 7) is 0. The molecule has 3 aromatic rings. The van der Waals surface area contributed by atoms with Gasteiger partial charge in [-0.25, -0.2) is 9.78 Å². The highest BCUT2D eigenvalue weighted by Crippen LogP contribution is 2.40. The van der Waals surface area contributed by atoms with E-state index in [1.807, 2.05) is 0 Å². The van der Waals surface area contributed by atoms with Crippen LogP contribution in [0.3, 0.4) is 0 Å². The van der Waals surface area contributed by atoms with Crippen molar-refractivity contribution in [3.8, 4) is 16.3 Å². The minimum absolute atomic E-state index is 0.0210. The summed E-state index contributed by atoms with van der Waals surface area (Å²) >= 11 is 1.19. The van der Waals surface area contributed by atoms with Crippen molar-refractivity contribution in [2.45, 2.75) is 5.24 Å². The van der Waals surface area contributed by atoms with E-state index in [9.17, 15) is 14.4 Å². The predicted molar refractivity (Wildman–Crippen MR) is 141 cm³/mol. The summed E-state index contributed by atoms with van der Waals surface area (Å²) < 4.78 is 10.2. The van der Waals surface area contributed by atoms with Gasteiger partial charge in [0.15, 0.2) is 17.3 Å². The highest BCUT2D eigenvalue weighted by atomic mass is 32.1. The number of methoxy groups -OCH3 is 2. The summed E-state index contributed by atoms with van der Waals surface area (Å²) in [6.07, 6.45) is 0.689. The fourth-order valence-electron chi connectivity index (χ4n) is 3.01. The zero-order valence-corrected chi connectivity index (χ0v) is 21.2. The molecule has 2 aromatic heterocycles. The second-order valence-electron chi connectivity index (χ2n) is 7.74. The van der Waals surface area contributed by atoms with Crippen LogP contribution in [0.25, 0.3) is 10.6 Å². The molecule has 0 spiro atoms. The molecule has 0 saturated carbocycles. The van der Waals surface area contributed by atoms with Crippen LogP contribution in [0.4, 0.5) is 22.0 Å². The first-order valence-electron chi connectivity index (χ1n) is 10.5. The van der Waals surface area contributed by atoms with Crippen molar-refractivity contribution in [2.24, 2.45) is 0 Å². The Kier molecular flexibility index (Phi) is 8.43. The number of amides is 3. The van der Waals surface area contributed by atoms with Crippen molar-refractivity contribution in [3.05, 3.63) is 41.0 Å². The number of hydrogen-bond acceptors (Lipinski definition) is 10. The second-order valence-corrected chi connectivity index (χ2v) is 8.77. The molecule has 0 aliphatic heterocycles. The third kappa shape index (κ3) is 6.79. The third-order valence-electron chi connectivity index (χ3n) is 4.60. The Labute approximate surface area is 220 Å².